The van der Waals surface area contributed by atoms with Crippen molar-refractivity contribution in [1.29, 1.82) is 0 Å². The summed E-state index contributed by atoms with van der Waals surface area (Å²) in [5.41, 5.74) is 3.77. The van der Waals surface area contributed by atoms with Crippen LogP contribution in [-0.2, 0) is 0 Å². The first-order valence-electron chi connectivity index (χ1n) is 3.06. The number of rotatable bonds is 0. The van der Waals surface area contributed by atoms with Crippen LogP contribution in [0.3, 0.4) is 0 Å². The van der Waals surface area contributed by atoms with E-state index in [4.69, 9.17) is 0 Å². The molecule has 4 heteroatoms. The highest BCUT2D eigenvalue weighted by Crippen LogP contribution is 2.06. The maximum absolute atomic E-state index is 10.9. The first-order valence-corrected chi connectivity index (χ1v) is 3.06. The molecule has 1 atom stereocenters. The van der Waals surface area contributed by atoms with E-state index in [1.807, 2.05) is 6.08 Å². The van der Waals surface area contributed by atoms with Gasteiger partial charge in [0.25, 0.3) is 0 Å². The molecule has 2 heterocycles. The Kier molecular flexibility index (Phi) is 0.943. The van der Waals surface area contributed by atoms with Crippen LogP contribution in [0.15, 0.2) is 23.9 Å². The van der Waals surface area contributed by atoms with Gasteiger partial charge in [-0.1, -0.05) is 0 Å². The Morgan fingerprint density at radius 3 is 3.40 bits per heavy atom. The lowest BCUT2D eigenvalue weighted by Gasteiger charge is -1.97. The Balaban J connectivity index is 2.40. The Labute approximate surface area is 57.5 Å². The van der Waals surface area contributed by atoms with Crippen molar-refractivity contribution in [2.45, 2.75) is 6.17 Å². The van der Waals surface area contributed by atoms with Gasteiger partial charge < -0.3 is 0 Å². The van der Waals surface area contributed by atoms with Crippen LogP contribution in [0.25, 0.3) is 0 Å². The third-order valence-corrected chi connectivity index (χ3v) is 1.55. The first-order chi connectivity index (χ1) is 4.88. The molecule has 0 aromatic carbocycles. The maximum Gasteiger partial charge on any atom is 0.354 e. The van der Waals surface area contributed by atoms with Crippen molar-refractivity contribution >= 4 is 6.21 Å². The number of nitrogens with zero attached hydrogens (tertiary/aromatic N) is 1. The molecule has 0 aromatic heterocycles. The molecule has 2 aliphatic rings. The van der Waals surface area contributed by atoms with E-state index in [0.717, 1.165) is 10.3 Å². The fraction of sp³-hybridized carbons (Fsp3) is 0.167. The Morgan fingerprint density at radius 2 is 2.60 bits per heavy atom. The number of fused-ring (bicyclic) bond motifs is 1. The minimum absolute atomic E-state index is 0.231. The van der Waals surface area contributed by atoms with Gasteiger partial charge in [-0.25, -0.2) is 0 Å². The summed E-state index contributed by atoms with van der Waals surface area (Å²) in [4.78, 5) is 10.9. The normalized spacial score (nSPS) is 27.8. The second-order valence-electron chi connectivity index (χ2n) is 2.20. The topological polar surface area (TPSA) is 46.1 Å². The Morgan fingerprint density at radius 1 is 1.70 bits per heavy atom. The lowest BCUT2D eigenvalue weighted by molar-refractivity contribution is -0.608. The molecule has 0 radical (unpaired) electrons. The van der Waals surface area contributed by atoms with Crippen molar-refractivity contribution in [3.63, 3.8) is 0 Å². The number of hydrazine groups is 1. The van der Waals surface area contributed by atoms with Crippen molar-refractivity contribution in [3.8, 4) is 0 Å². The summed E-state index contributed by atoms with van der Waals surface area (Å²) in [7, 11) is 0. The molecule has 0 spiro atoms. The number of nitrogens with one attached hydrogen (secondary N) is 2. The van der Waals surface area contributed by atoms with Crippen molar-refractivity contribution in [2.24, 2.45) is 0 Å². The molecule has 0 aromatic rings. The molecule has 0 saturated heterocycles. The van der Waals surface area contributed by atoms with Gasteiger partial charge in [-0.05, 0) is 6.08 Å². The maximum atomic E-state index is 10.9. The van der Waals surface area contributed by atoms with Gasteiger partial charge in [-0.3, -0.25) is 0 Å². The molecule has 2 rings (SSSR count). The third kappa shape index (κ3) is 0.586. The molecule has 0 bridgehead atoms. The number of allylic oxidation sites excluding steroid dienone is 2. The lowest BCUT2D eigenvalue weighted by atomic mass is 10.2. The van der Waals surface area contributed by atoms with Gasteiger partial charge in [0.2, 0.25) is 12.4 Å². The van der Waals surface area contributed by atoms with E-state index in [-0.39, 0.29) is 6.17 Å². The van der Waals surface area contributed by atoms with Crippen LogP contribution < -0.4 is 10.5 Å². The number of hydrogen-bond donors (Lipinski definition) is 2. The van der Waals surface area contributed by atoms with Crippen molar-refractivity contribution in [1.82, 2.24) is 5.43 Å². The second kappa shape index (κ2) is 1.76. The van der Waals surface area contributed by atoms with Crippen molar-refractivity contribution in [2.75, 3.05) is 0 Å². The predicted molar refractivity (Wildman–Crippen MR) is 34.8 cm³/mol. The molecule has 0 fully saturated rings. The highest BCUT2D eigenvalue weighted by atomic mass is 16.3. The zero-order valence-corrected chi connectivity index (χ0v) is 5.24. The largest absolute Gasteiger partial charge is 0.354 e. The standard InChI is InChI=1S/C6H6N3O/c10-9-3-1-2-5-4-7-8-6(5)9/h1-4,6,8H/q+1/p+1. The molecule has 10 heavy (non-hydrogen) atoms. The van der Waals surface area contributed by atoms with E-state index in [2.05, 4.69) is 10.5 Å². The van der Waals surface area contributed by atoms with E-state index in [1.54, 1.807) is 12.3 Å². The van der Waals surface area contributed by atoms with Gasteiger partial charge >= 0.3 is 6.17 Å². The van der Waals surface area contributed by atoms with Gasteiger partial charge in [0.1, 0.15) is 5.57 Å². The van der Waals surface area contributed by atoms with E-state index in [0.29, 0.717) is 0 Å². The van der Waals surface area contributed by atoms with Gasteiger partial charge in [0.05, 0.1) is 4.76 Å². The summed E-state index contributed by atoms with van der Waals surface area (Å²) in [6.45, 7) is 0. The number of hydrogen-bond acceptors (Lipinski definition) is 2. The van der Waals surface area contributed by atoms with Crippen LogP contribution in [0.5, 0.6) is 0 Å². The average Bonchev–Trinajstić information content (AvgIpc) is 2.36. The molecule has 0 aliphatic carbocycles. The fourth-order valence-corrected chi connectivity index (χ4v) is 1.04. The van der Waals surface area contributed by atoms with Crippen LogP contribution in [0.1, 0.15) is 0 Å². The molecule has 2 N–H and O–H groups in total. The SMILES string of the molecule is O=[N+]1C=CC=C2C=[NH+]NC21. The second-order valence-corrected chi connectivity index (χ2v) is 2.20. The Bertz CT molecular complexity index is 264. The smallest absolute Gasteiger partial charge is 0.130 e. The molecule has 1 unspecified atom stereocenters. The highest BCUT2D eigenvalue weighted by molar-refractivity contribution is 5.76. The van der Waals surface area contributed by atoms with Gasteiger partial charge in [0.15, 0.2) is 0 Å². The Hall–Kier alpha value is -1.45. The van der Waals surface area contributed by atoms with Crippen molar-refractivity contribution in [3.05, 3.63) is 28.8 Å². The lowest BCUT2D eigenvalue weighted by Crippen LogP contribution is -2.78. The van der Waals surface area contributed by atoms with Gasteiger partial charge in [-0.2, -0.15) is 0 Å². The number of hydrazone groups is 1. The average molecular weight is 137 g/mol. The summed E-state index contributed by atoms with van der Waals surface area (Å²) < 4.78 is 0.867. The third-order valence-electron chi connectivity index (χ3n) is 1.55. The van der Waals surface area contributed by atoms with E-state index >= 15 is 0 Å². The van der Waals surface area contributed by atoms with Crippen LogP contribution in [0, 0.1) is 4.91 Å². The van der Waals surface area contributed by atoms with Gasteiger partial charge in [-0.15, -0.1) is 10.5 Å². The minimum atomic E-state index is -0.231. The zero-order valence-electron chi connectivity index (χ0n) is 5.24. The number of nitroso groups, excluding NO2 is 1. The predicted octanol–water partition coefficient (Wildman–Crippen LogP) is -1.79. The van der Waals surface area contributed by atoms with E-state index in [1.165, 1.54) is 6.20 Å². The highest BCUT2D eigenvalue weighted by Gasteiger charge is 2.36. The van der Waals surface area contributed by atoms with E-state index < -0.39 is 0 Å². The first kappa shape index (κ1) is 5.34. The molecule has 2 aliphatic heterocycles. The summed E-state index contributed by atoms with van der Waals surface area (Å²) in [6.07, 6.45) is 6.65. The molecule has 0 amide bonds. The molecule has 0 saturated carbocycles. The van der Waals surface area contributed by atoms with Crippen LogP contribution in [0.2, 0.25) is 0 Å². The van der Waals surface area contributed by atoms with Crippen LogP contribution in [-0.4, -0.2) is 17.1 Å². The molecular weight excluding hydrogens is 130 g/mol. The fourth-order valence-electron chi connectivity index (χ4n) is 1.04. The van der Waals surface area contributed by atoms with Crippen LogP contribution in [0.4, 0.5) is 0 Å². The minimum Gasteiger partial charge on any atom is -0.130 e. The molecule has 50 valence electrons. The van der Waals surface area contributed by atoms with Crippen molar-refractivity contribution < 1.29 is 9.86 Å². The van der Waals surface area contributed by atoms with Crippen LogP contribution >= 0.6 is 0 Å². The quantitative estimate of drug-likeness (QED) is 0.387. The molecular formula is C6H7N3O+2. The van der Waals surface area contributed by atoms with Gasteiger partial charge in [0, 0.05) is 11.0 Å². The summed E-state index contributed by atoms with van der Waals surface area (Å²) in [5.74, 6) is 0. The van der Waals surface area contributed by atoms with E-state index in [9.17, 15) is 4.91 Å². The molecule has 4 nitrogen and oxygen atoms in total. The zero-order chi connectivity index (χ0) is 6.97. The summed E-state index contributed by atoms with van der Waals surface area (Å²) in [5, 5.41) is 2.77. The summed E-state index contributed by atoms with van der Waals surface area (Å²) >= 11 is 0. The monoisotopic (exact) mass is 137 g/mol. The summed E-state index contributed by atoms with van der Waals surface area (Å²) in [6, 6.07) is 0.